The van der Waals surface area contributed by atoms with E-state index in [-0.39, 0.29) is 5.91 Å². The molecular formula is C9H16N4OS. The Morgan fingerprint density at radius 1 is 1.47 bits per heavy atom. The highest BCUT2D eigenvalue weighted by Crippen LogP contribution is 2.16. The highest BCUT2D eigenvalue weighted by atomic mass is 32.1. The van der Waals surface area contributed by atoms with E-state index in [0.29, 0.717) is 18.1 Å². The first-order valence-electron chi connectivity index (χ1n) is 5.03. The smallest absolute Gasteiger partial charge is 0.227 e. The number of carbonyl (C=O) groups is 1. The zero-order valence-electron chi connectivity index (χ0n) is 9.04. The molecule has 84 valence electrons. The lowest BCUT2D eigenvalue weighted by atomic mass is 10.4. The first kappa shape index (κ1) is 12.1. The molecule has 1 aromatic heterocycles. The Bertz CT molecular complexity index is 313. The Hall–Kier alpha value is -1.01. The highest BCUT2D eigenvalue weighted by Gasteiger charge is 2.06. The molecule has 0 unspecified atom stereocenters. The van der Waals surface area contributed by atoms with Gasteiger partial charge in [-0.15, -0.1) is 10.2 Å². The third kappa shape index (κ3) is 4.35. The van der Waals surface area contributed by atoms with E-state index in [1.54, 1.807) is 0 Å². The van der Waals surface area contributed by atoms with E-state index in [9.17, 15) is 4.79 Å². The molecule has 0 aromatic carbocycles. The molecule has 1 heterocycles. The fraction of sp³-hybridized carbons (Fsp3) is 0.667. The minimum absolute atomic E-state index is 0.0245. The number of carbonyl (C=O) groups excluding carboxylic acids is 1. The summed E-state index contributed by atoms with van der Waals surface area (Å²) in [6, 6.07) is 0. The van der Waals surface area contributed by atoms with Gasteiger partial charge in [-0.25, -0.2) is 0 Å². The predicted molar refractivity (Wildman–Crippen MR) is 61.1 cm³/mol. The molecular weight excluding hydrogens is 212 g/mol. The maximum Gasteiger partial charge on any atom is 0.227 e. The lowest BCUT2D eigenvalue weighted by Gasteiger charge is -1.99. The maximum atomic E-state index is 11.3. The van der Waals surface area contributed by atoms with Gasteiger partial charge >= 0.3 is 0 Å². The number of rotatable bonds is 6. The van der Waals surface area contributed by atoms with E-state index in [1.165, 1.54) is 11.3 Å². The summed E-state index contributed by atoms with van der Waals surface area (Å²) in [5.74, 6) is -0.0245. The van der Waals surface area contributed by atoms with Gasteiger partial charge in [0.1, 0.15) is 5.01 Å². The van der Waals surface area contributed by atoms with Crippen molar-refractivity contribution < 1.29 is 4.79 Å². The van der Waals surface area contributed by atoms with Gasteiger partial charge in [-0.2, -0.15) is 0 Å². The zero-order chi connectivity index (χ0) is 11.1. The van der Waals surface area contributed by atoms with Gasteiger partial charge in [0, 0.05) is 19.4 Å². The zero-order valence-corrected chi connectivity index (χ0v) is 9.86. The van der Waals surface area contributed by atoms with Crippen LogP contribution in [0.1, 0.15) is 24.8 Å². The number of nitrogens with zero attached hydrogens (tertiary/aromatic N) is 2. The monoisotopic (exact) mass is 228 g/mol. The van der Waals surface area contributed by atoms with E-state index < -0.39 is 0 Å². The number of anilines is 1. The molecule has 1 amide bonds. The van der Waals surface area contributed by atoms with Gasteiger partial charge in [-0.05, 0) is 13.5 Å². The SMILES string of the molecule is CCCc1nnc(NC(=O)CCNC)s1. The van der Waals surface area contributed by atoms with Gasteiger partial charge in [0.15, 0.2) is 0 Å². The molecule has 0 atom stereocenters. The Morgan fingerprint density at radius 3 is 2.93 bits per heavy atom. The molecule has 15 heavy (non-hydrogen) atoms. The van der Waals surface area contributed by atoms with Gasteiger partial charge in [0.2, 0.25) is 11.0 Å². The van der Waals surface area contributed by atoms with Crippen molar-refractivity contribution in [3.05, 3.63) is 5.01 Å². The molecule has 0 saturated carbocycles. The Labute approximate surface area is 93.3 Å². The van der Waals surface area contributed by atoms with Crippen LogP contribution in [-0.4, -0.2) is 29.7 Å². The normalized spacial score (nSPS) is 10.3. The van der Waals surface area contributed by atoms with Crippen LogP contribution < -0.4 is 10.6 Å². The largest absolute Gasteiger partial charge is 0.319 e. The van der Waals surface area contributed by atoms with Crippen LogP contribution in [0.15, 0.2) is 0 Å². The van der Waals surface area contributed by atoms with E-state index in [2.05, 4.69) is 27.8 Å². The summed E-state index contributed by atoms with van der Waals surface area (Å²) in [4.78, 5) is 11.3. The molecule has 0 saturated heterocycles. The van der Waals surface area contributed by atoms with Crippen LogP contribution >= 0.6 is 11.3 Å². The second-order valence-electron chi connectivity index (χ2n) is 3.15. The summed E-state index contributed by atoms with van der Waals surface area (Å²) >= 11 is 1.44. The molecule has 6 heteroatoms. The van der Waals surface area contributed by atoms with Crippen LogP contribution in [-0.2, 0) is 11.2 Å². The third-order valence-corrected chi connectivity index (χ3v) is 2.68. The molecule has 1 rings (SSSR count). The van der Waals surface area contributed by atoms with E-state index in [4.69, 9.17) is 0 Å². The molecule has 0 aliphatic heterocycles. The summed E-state index contributed by atoms with van der Waals surface area (Å²) in [7, 11) is 1.82. The van der Waals surface area contributed by atoms with Crippen molar-refractivity contribution in [1.82, 2.24) is 15.5 Å². The number of hydrogen-bond acceptors (Lipinski definition) is 5. The Balaban J connectivity index is 2.39. The number of aromatic nitrogens is 2. The molecule has 2 N–H and O–H groups in total. The van der Waals surface area contributed by atoms with Gasteiger partial charge < -0.3 is 10.6 Å². The van der Waals surface area contributed by atoms with E-state index in [0.717, 1.165) is 17.8 Å². The van der Waals surface area contributed by atoms with Crippen molar-refractivity contribution in [2.75, 3.05) is 18.9 Å². The molecule has 0 bridgehead atoms. The molecule has 5 nitrogen and oxygen atoms in total. The van der Waals surface area contributed by atoms with Crippen LogP contribution in [0.25, 0.3) is 0 Å². The topological polar surface area (TPSA) is 66.9 Å². The van der Waals surface area contributed by atoms with Gasteiger partial charge in [0.25, 0.3) is 0 Å². The van der Waals surface area contributed by atoms with Crippen molar-refractivity contribution in [2.45, 2.75) is 26.2 Å². The van der Waals surface area contributed by atoms with Crippen molar-refractivity contribution in [3.63, 3.8) is 0 Å². The molecule has 0 spiro atoms. The van der Waals surface area contributed by atoms with Gasteiger partial charge in [-0.1, -0.05) is 18.3 Å². The average Bonchev–Trinajstić information content (AvgIpc) is 2.63. The van der Waals surface area contributed by atoms with Crippen molar-refractivity contribution in [3.8, 4) is 0 Å². The van der Waals surface area contributed by atoms with Gasteiger partial charge in [0.05, 0.1) is 0 Å². The molecule has 0 aliphatic carbocycles. The molecule has 1 aromatic rings. The van der Waals surface area contributed by atoms with Crippen LogP contribution in [0.3, 0.4) is 0 Å². The van der Waals surface area contributed by atoms with Crippen LogP contribution in [0.5, 0.6) is 0 Å². The highest BCUT2D eigenvalue weighted by molar-refractivity contribution is 7.15. The predicted octanol–water partition coefficient (Wildman–Crippen LogP) is 1.04. The van der Waals surface area contributed by atoms with Crippen LogP contribution in [0, 0.1) is 0 Å². The van der Waals surface area contributed by atoms with Gasteiger partial charge in [-0.3, -0.25) is 4.79 Å². The average molecular weight is 228 g/mol. The standard InChI is InChI=1S/C9H16N4OS/c1-3-4-8-12-13-9(15-8)11-7(14)5-6-10-2/h10H,3-6H2,1-2H3,(H,11,13,14). The third-order valence-electron chi connectivity index (χ3n) is 1.78. The summed E-state index contributed by atoms with van der Waals surface area (Å²) in [6.07, 6.45) is 2.42. The summed E-state index contributed by atoms with van der Waals surface area (Å²) < 4.78 is 0. The first-order chi connectivity index (χ1) is 7.26. The summed E-state index contributed by atoms with van der Waals surface area (Å²) in [6.45, 7) is 2.76. The quantitative estimate of drug-likeness (QED) is 0.763. The minimum Gasteiger partial charge on any atom is -0.319 e. The Kier molecular flexibility index (Phi) is 5.20. The molecule has 0 radical (unpaired) electrons. The second-order valence-corrected chi connectivity index (χ2v) is 4.21. The number of amides is 1. The fourth-order valence-electron chi connectivity index (χ4n) is 1.04. The summed E-state index contributed by atoms with van der Waals surface area (Å²) in [5, 5.41) is 15.1. The lowest BCUT2D eigenvalue weighted by Crippen LogP contribution is -2.18. The van der Waals surface area contributed by atoms with Crippen molar-refractivity contribution in [2.24, 2.45) is 0 Å². The first-order valence-corrected chi connectivity index (χ1v) is 5.84. The lowest BCUT2D eigenvalue weighted by molar-refractivity contribution is -0.116. The second kappa shape index (κ2) is 6.47. The van der Waals surface area contributed by atoms with Crippen LogP contribution in [0.4, 0.5) is 5.13 Å². The molecule has 0 aliphatic rings. The number of hydrogen-bond donors (Lipinski definition) is 2. The van der Waals surface area contributed by atoms with E-state index in [1.807, 2.05) is 7.05 Å². The molecule has 0 fully saturated rings. The fourth-order valence-corrected chi connectivity index (χ4v) is 1.90. The Morgan fingerprint density at radius 2 is 2.27 bits per heavy atom. The maximum absolute atomic E-state index is 11.3. The van der Waals surface area contributed by atoms with Crippen LogP contribution in [0.2, 0.25) is 0 Å². The van der Waals surface area contributed by atoms with Crippen molar-refractivity contribution >= 4 is 22.4 Å². The minimum atomic E-state index is -0.0245. The van der Waals surface area contributed by atoms with E-state index >= 15 is 0 Å². The summed E-state index contributed by atoms with van der Waals surface area (Å²) in [5.41, 5.74) is 0. The number of nitrogens with one attached hydrogen (secondary N) is 2. The van der Waals surface area contributed by atoms with Crippen molar-refractivity contribution in [1.29, 1.82) is 0 Å². The number of aryl methyl sites for hydroxylation is 1.